The SMILES string of the molecule is CN(Cc1ccc(O)c(N)c1)CC1CCCOC1. The first-order valence-electron chi connectivity index (χ1n) is 6.49. The summed E-state index contributed by atoms with van der Waals surface area (Å²) in [6, 6.07) is 5.41. The fourth-order valence-electron chi connectivity index (χ4n) is 2.47. The fourth-order valence-corrected chi connectivity index (χ4v) is 2.47. The van der Waals surface area contributed by atoms with Crippen molar-refractivity contribution < 1.29 is 9.84 Å². The maximum atomic E-state index is 9.38. The molecular weight excluding hydrogens is 228 g/mol. The first-order chi connectivity index (χ1) is 8.65. The van der Waals surface area contributed by atoms with E-state index in [1.165, 1.54) is 12.8 Å². The Morgan fingerprint density at radius 2 is 2.33 bits per heavy atom. The third kappa shape index (κ3) is 3.62. The molecule has 0 bridgehead atoms. The quantitative estimate of drug-likeness (QED) is 0.632. The molecule has 2 rings (SSSR count). The summed E-state index contributed by atoms with van der Waals surface area (Å²) < 4.78 is 5.49. The van der Waals surface area contributed by atoms with Crippen molar-refractivity contribution >= 4 is 5.69 Å². The summed E-state index contributed by atoms with van der Waals surface area (Å²) in [5.74, 6) is 0.792. The van der Waals surface area contributed by atoms with Crippen LogP contribution in [0.25, 0.3) is 0 Å². The number of phenols is 1. The monoisotopic (exact) mass is 250 g/mol. The van der Waals surface area contributed by atoms with Crippen molar-refractivity contribution in [2.45, 2.75) is 19.4 Å². The number of aromatic hydroxyl groups is 1. The van der Waals surface area contributed by atoms with Crippen LogP contribution in [0.3, 0.4) is 0 Å². The van der Waals surface area contributed by atoms with Crippen molar-refractivity contribution in [3.8, 4) is 5.75 Å². The molecule has 4 nitrogen and oxygen atoms in total. The largest absolute Gasteiger partial charge is 0.506 e. The smallest absolute Gasteiger partial charge is 0.138 e. The molecule has 18 heavy (non-hydrogen) atoms. The zero-order valence-electron chi connectivity index (χ0n) is 10.9. The van der Waals surface area contributed by atoms with Gasteiger partial charge in [-0.2, -0.15) is 0 Å². The van der Waals surface area contributed by atoms with Crippen LogP contribution in [0, 0.1) is 5.92 Å². The van der Waals surface area contributed by atoms with E-state index in [4.69, 9.17) is 10.5 Å². The molecule has 1 fully saturated rings. The van der Waals surface area contributed by atoms with E-state index < -0.39 is 0 Å². The van der Waals surface area contributed by atoms with Gasteiger partial charge in [0.1, 0.15) is 5.75 Å². The lowest BCUT2D eigenvalue weighted by Crippen LogP contribution is -2.30. The number of rotatable bonds is 4. The summed E-state index contributed by atoms with van der Waals surface area (Å²) in [7, 11) is 2.11. The molecule has 0 spiro atoms. The summed E-state index contributed by atoms with van der Waals surface area (Å²) in [4.78, 5) is 2.28. The highest BCUT2D eigenvalue weighted by Crippen LogP contribution is 2.21. The number of ether oxygens (including phenoxy) is 1. The number of nitrogen functional groups attached to an aromatic ring is 1. The van der Waals surface area contributed by atoms with Crippen LogP contribution >= 0.6 is 0 Å². The lowest BCUT2D eigenvalue weighted by molar-refractivity contribution is 0.0411. The van der Waals surface area contributed by atoms with E-state index >= 15 is 0 Å². The molecule has 0 radical (unpaired) electrons. The summed E-state index contributed by atoms with van der Waals surface area (Å²) in [6.07, 6.45) is 2.42. The average Bonchev–Trinajstić information content (AvgIpc) is 2.35. The Balaban J connectivity index is 1.85. The molecule has 1 aliphatic rings. The van der Waals surface area contributed by atoms with Crippen molar-refractivity contribution in [3.63, 3.8) is 0 Å². The van der Waals surface area contributed by atoms with Gasteiger partial charge in [-0.3, -0.25) is 0 Å². The van der Waals surface area contributed by atoms with Crippen molar-refractivity contribution in [1.82, 2.24) is 4.90 Å². The van der Waals surface area contributed by atoms with Crippen LogP contribution in [0.2, 0.25) is 0 Å². The molecule has 100 valence electrons. The Bertz CT molecular complexity index is 389. The van der Waals surface area contributed by atoms with E-state index in [9.17, 15) is 5.11 Å². The molecule has 1 atom stereocenters. The number of hydrogen-bond acceptors (Lipinski definition) is 4. The molecule has 3 N–H and O–H groups in total. The van der Waals surface area contributed by atoms with Gasteiger partial charge in [0, 0.05) is 19.7 Å². The Morgan fingerprint density at radius 1 is 1.50 bits per heavy atom. The third-order valence-electron chi connectivity index (χ3n) is 3.37. The van der Waals surface area contributed by atoms with Crippen LogP contribution in [0.4, 0.5) is 5.69 Å². The van der Waals surface area contributed by atoms with E-state index in [0.29, 0.717) is 11.6 Å². The Kier molecular flexibility index (Phi) is 4.44. The molecular formula is C14H22N2O2. The standard InChI is InChI=1S/C14H22N2O2/c1-16(9-12-3-2-6-18-10-12)8-11-4-5-14(17)13(15)7-11/h4-5,7,12,17H,2-3,6,8-10,15H2,1H3. The molecule has 0 aliphatic carbocycles. The topological polar surface area (TPSA) is 58.7 Å². The van der Waals surface area contributed by atoms with Gasteiger partial charge >= 0.3 is 0 Å². The van der Waals surface area contributed by atoms with Crippen LogP contribution in [0.5, 0.6) is 5.75 Å². The predicted octanol–water partition coefficient (Wildman–Crippen LogP) is 1.83. The van der Waals surface area contributed by atoms with Gasteiger partial charge in [-0.25, -0.2) is 0 Å². The Morgan fingerprint density at radius 3 is 3.00 bits per heavy atom. The molecule has 1 aromatic carbocycles. The van der Waals surface area contributed by atoms with Gasteiger partial charge in [0.05, 0.1) is 12.3 Å². The maximum Gasteiger partial charge on any atom is 0.138 e. The first kappa shape index (κ1) is 13.2. The third-order valence-corrected chi connectivity index (χ3v) is 3.37. The summed E-state index contributed by atoms with van der Waals surface area (Å²) in [5, 5.41) is 9.38. The summed E-state index contributed by atoms with van der Waals surface area (Å²) in [6.45, 7) is 3.68. The number of nitrogens with two attached hydrogens (primary N) is 1. The minimum atomic E-state index is 0.155. The number of hydrogen-bond donors (Lipinski definition) is 2. The summed E-state index contributed by atoms with van der Waals surface area (Å²) in [5.41, 5.74) is 7.27. The molecule has 0 saturated carbocycles. The van der Waals surface area contributed by atoms with E-state index in [0.717, 1.165) is 31.9 Å². The summed E-state index contributed by atoms with van der Waals surface area (Å²) >= 11 is 0. The van der Waals surface area contributed by atoms with Gasteiger partial charge in [-0.05, 0) is 43.5 Å². The van der Waals surface area contributed by atoms with Gasteiger partial charge in [-0.1, -0.05) is 6.07 Å². The van der Waals surface area contributed by atoms with E-state index in [-0.39, 0.29) is 5.75 Å². The van der Waals surface area contributed by atoms with Gasteiger partial charge in [0.2, 0.25) is 0 Å². The van der Waals surface area contributed by atoms with Crippen molar-refractivity contribution in [3.05, 3.63) is 23.8 Å². The molecule has 0 amide bonds. The number of phenolic OH excluding ortho intramolecular Hbond substituents is 1. The van der Waals surface area contributed by atoms with E-state index in [2.05, 4.69) is 11.9 Å². The second kappa shape index (κ2) is 6.07. The first-order valence-corrected chi connectivity index (χ1v) is 6.49. The molecule has 1 unspecified atom stereocenters. The van der Waals surface area contributed by atoms with Gasteiger partial charge in [0.15, 0.2) is 0 Å². The molecule has 1 aromatic rings. The van der Waals surface area contributed by atoms with Gasteiger partial charge < -0.3 is 20.5 Å². The number of anilines is 1. The molecule has 1 heterocycles. The second-order valence-electron chi connectivity index (χ2n) is 5.17. The Hall–Kier alpha value is -1.26. The van der Waals surface area contributed by atoms with Crippen LogP contribution in [0.1, 0.15) is 18.4 Å². The maximum absolute atomic E-state index is 9.38. The normalized spacial score (nSPS) is 20.2. The second-order valence-corrected chi connectivity index (χ2v) is 5.17. The zero-order chi connectivity index (χ0) is 13.0. The molecule has 1 aliphatic heterocycles. The highest BCUT2D eigenvalue weighted by Gasteiger charge is 2.16. The lowest BCUT2D eigenvalue weighted by Gasteiger charge is -2.27. The van der Waals surface area contributed by atoms with Crippen molar-refractivity contribution in [2.24, 2.45) is 5.92 Å². The number of benzene rings is 1. The minimum Gasteiger partial charge on any atom is -0.506 e. The molecule has 4 heteroatoms. The van der Waals surface area contributed by atoms with E-state index in [1.54, 1.807) is 6.07 Å². The van der Waals surface area contributed by atoms with Gasteiger partial charge in [-0.15, -0.1) is 0 Å². The predicted molar refractivity (Wildman–Crippen MR) is 72.4 cm³/mol. The minimum absolute atomic E-state index is 0.155. The molecule has 1 saturated heterocycles. The lowest BCUT2D eigenvalue weighted by atomic mass is 10.0. The van der Waals surface area contributed by atoms with Crippen LogP contribution in [-0.4, -0.2) is 36.8 Å². The van der Waals surface area contributed by atoms with Gasteiger partial charge in [0.25, 0.3) is 0 Å². The highest BCUT2D eigenvalue weighted by molar-refractivity contribution is 5.53. The van der Waals surface area contributed by atoms with E-state index in [1.807, 2.05) is 12.1 Å². The van der Waals surface area contributed by atoms with Crippen LogP contribution in [-0.2, 0) is 11.3 Å². The molecule has 0 aromatic heterocycles. The zero-order valence-corrected chi connectivity index (χ0v) is 10.9. The van der Waals surface area contributed by atoms with Crippen LogP contribution in [0.15, 0.2) is 18.2 Å². The Labute approximate surface area is 108 Å². The van der Waals surface area contributed by atoms with Crippen LogP contribution < -0.4 is 5.73 Å². The highest BCUT2D eigenvalue weighted by atomic mass is 16.5. The fraction of sp³-hybridized carbons (Fsp3) is 0.571. The average molecular weight is 250 g/mol. The van der Waals surface area contributed by atoms with Crippen molar-refractivity contribution in [2.75, 3.05) is 32.5 Å². The number of nitrogens with zero attached hydrogens (tertiary/aromatic N) is 1. The van der Waals surface area contributed by atoms with Crippen molar-refractivity contribution in [1.29, 1.82) is 0 Å².